The first kappa shape index (κ1) is 22.9. The first-order valence-electron chi connectivity index (χ1n) is 8.34. The smallest absolute Gasteiger partial charge is 0.274 e. The van der Waals surface area contributed by atoms with Crippen molar-refractivity contribution in [2.24, 2.45) is 7.05 Å². The number of sulfonamides is 1. The van der Waals surface area contributed by atoms with Crippen LogP contribution in [0.1, 0.15) is 11.1 Å². The number of anilines is 1. The van der Waals surface area contributed by atoms with Crippen LogP contribution in [-0.2, 0) is 23.0 Å². The van der Waals surface area contributed by atoms with Crippen LogP contribution < -0.4 is 4.72 Å². The van der Waals surface area contributed by atoms with E-state index in [1.54, 1.807) is 0 Å². The van der Waals surface area contributed by atoms with Gasteiger partial charge in [0.25, 0.3) is 10.0 Å². The summed E-state index contributed by atoms with van der Waals surface area (Å²) in [7, 11) is -2.87. The van der Waals surface area contributed by atoms with Gasteiger partial charge in [-0.25, -0.2) is 18.1 Å². The van der Waals surface area contributed by atoms with Gasteiger partial charge in [-0.3, -0.25) is 4.68 Å². The number of hydrogen-bond donors (Lipinski definition) is 1. The summed E-state index contributed by atoms with van der Waals surface area (Å²) in [6.07, 6.45) is -3.86. The van der Waals surface area contributed by atoms with Crippen molar-refractivity contribution < 1.29 is 30.4 Å². The minimum absolute atomic E-state index is 0.104. The van der Waals surface area contributed by atoms with Gasteiger partial charge in [-0.2, -0.15) is 32.0 Å². The molecule has 0 aliphatic heterocycles. The number of benzene rings is 1. The summed E-state index contributed by atoms with van der Waals surface area (Å²) in [5, 5.41) is 2.45. The number of alkyl halides is 5. The zero-order valence-electron chi connectivity index (χ0n) is 15.7. The Hall–Kier alpha value is -2.80. The summed E-state index contributed by atoms with van der Waals surface area (Å²) in [6, 6.07) is 5.65. The van der Waals surface area contributed by atoms with Crippen LogP contribution in [0.2, 0.25) is 5.15 Å². The van der Waals surface area contributed by atoms with Gasteiger partial charge in [-0.1, -0.05) is 35.9 Å². The fourth-order valence-corrected chi connectivity index (χ4v) is 3.86. The van der Waals surface area contributed by atoms with Crippen molar-refractivity contribution in [3.05, 3.63) is 52.9 Å². The van der Waals surface area contributed by atoms with Gasteiger partial charge in [0.2, 0.25) is 5.95 Å². The number of aromatic nitrogens is 4. The molecule has 0 spiro atoms. The lowest BCUT2D eigenvalue weighted by Crippen LogP contribution is -2.35. The van der Waals surface area contributed by atoms with E-state index in [-0.39, 0.29) is 10.5 Å². The van der Waals surface area contributed by atoms with Crippen LogP contribution >= 0.6 is 11.6 Å². The molecule has 3 aromatic rings. The zero-order chi connectivity index (χ0) is 23.2. The zero-order valence-corrected chi connectivity index (χ0v) is 17.3. The van der Waals surface area contributed by atoms with E-state index in [0.717, 1.165) is 12.4 Å². The van der Waals surface area contributed by atoms with Crippen molar-refractivity contribution in [3.8, 4) is 11.3 Å². The Morgan fingerprint density at radius 2 is 1.74 bits per heavy atom. The lowest BCUT2D eigenvalue weighted by Gasteiger charge is -2.23. The first-order valence-corrected chi connectivity index (χ1v) is 10.2. The minimum atomic E-state index is -5.99. The Labute approximate surface area is 177 Å². The molecule has 2 heterocycles. The highest BCUT2D eigenvalue weighted by atomic mass is 35.5. The maximum Gasteiger partial charge on any atom is 0.458 e. The second-order valence-electron chi connectivity index (χ2n) is 6.40. The molecule has 1 N–H and O–H groups in total. The van der Waals surface area contributed by atoms with Crippen molar-refractivity contribution in [1.29, 1.82) is 0 Å². The molecule has 166 valence electrons. The Balaban J connectivity index is 2.23. The van der Waals surface area contributed by atoms with Gasteiger partial charge in [-0.05, 0) is 12.5 Å². The van der Waals surface area contributed by atoms with E-state index in [9.17, 15) is 30.4 Å². The fraction of sp³-hybridized carbons (Fsp3) is 0.235. The molecule has 0 aliphatic carbocycles. The van der Waals surface area contributed by atoms with Gasteiger partial charge in [0, 0.05) is 18.8 Å². The van der Waals surface area contributed by atoms with E-state index in [1.165, 1.54) is 42.9 Å². The molecule has 31 heavy (non-hydrogen) atoms. The molecule has 0 saturated carbocycles. The molecular weight excluding hydrogens is 469 g/mol. The van der Waals surface area contributed by atoms with Gasteiger partial charge in [0.1, 0.15) is 10.0 Å². The highest BCUT2D eigenvalue weighted by Gasteiger charge is 2.61. The molecule has 0 amide bonds. The topological polar surface area (TPSA) is 89.8 Å². The van der Waals surface area contributed by atoms with Crippen molar-refractivity contribution >= 4 is 27.6 Å². The highest BCUT2D eigenvalue weighted by molar-refractivity contribution is 7.92. The van der Waals surface area contributed by atoms with Crippen LogP contribution in [0.5, 0.6) is 0 Å². The predicted molar refractivity (Wildman–Crippen MR) is 101 cm³/mol. The molecule has 3 rings (SSSR count). The van der Waals surface area contributed by atoms with Gasteiger partial charge in [0.05, 0.1) is 17.5 Å². The summed E-state index contributed by atoms with van der Waals surface area (Å²) in [6.45, 7) is 1.46. The Kier molecular flexibility index (Phi) is 5.69. The highest BCUT2D eigenvalue weighted by Crippen LogP contribution is 2.49. The van der Waals surface area contributed by atoms with Gasteiger partial charge in [-0.15, -0.1) is 0 Å². The quantitative estimate of drug-likeness (QED) is 0.433. The van der Waals surface area contributed by atoms with E-state index in [0.29, 0.717) is 5.56 Å². The molecule has 0 unspecified atom stereocenters. The molecule has 1 aromatic carbocycles. The van der Waals surface area contributed by atoms with Gasteiger partial charge >= 0.3 is 12.1 Å². The third kappa shape index (κ3) is 4.32. The monoisotopic (exact) mass is 481 g/mol. The van der Waals surface area contributed by atoms with Crippen molar-refractivity contribution in [2.75, 3.05) is 4.72 Å². The third-order valence-electron chi connectivity index (χ3n) is 4.15. The molecule has 7 nitrogen and oxygen atoms in total. The van der Waals surface area contributed by atoms with Gasteiger partial charge in [0.15, 0.2) is 0 Å². The average molecular weight is 482 g/mol. The summed E-state index contributed by atoms with van der Waals surface area (Å²) in [4.78, 5) is 6.70. The number of nitrogens with zero attached hydrogens (tertiary/aromatic N) is 4. The van der Waals surface area contributed by atoms with E-state index < -0.39 is 44.5 Å². The first-order chi connectivity index (χ1) is 14.2. The largest absolute Gasteiger partial charge is 0.458 e. The van der Waals surface area contributed by atoms with Crippen molar-refractivity contribution in [2.45, 2.75) is 23.9 Å². The van der Waals surface area contributed by atoms with Crippen LogP contribution in [0, 0.1) is 6.92 Å². The summed E-state index contributed by atoms with van der Waals surface area (Å²) >= 11 is 5.72. The molecule has 0 saturated heterocycles. The Morgan fingerprint density at radius 3 is 2.29 bits per heavy atom. The molecule has 0 radical (unpaired) electrons. The third-order valence-corrected chi connectivity index (χ3v) is 5.71. The molecule has 14 heteroatoms. The van der Waals surface area contributed by atoms with Crippen molar-refractivity contribution in [1.82, 2.24) is 19.7 Å². The summed E-state index contributed by atoms with van der Waals surface area (Å²) < 4.78 is 96.0. The number of hydrogen-bond acceptors (Lipinski definition) is 5. The Morgan fingerprint density at radius 1 is 1.10 bits per heavy atom. The Bertz CT molecular complexity index is 1240. The molecule has 0 aliphatic rings. The standard InChI is InChI=1S/C17H13ClF5N5O2S/c1-9-5-3-4-6-11(9)13-12(16(19,20)17(21,22)23)14(18)26-15(25-13)27-31(29,30)10-7-24-28(2)8-10/h3-8H,1-2H3,(H,25,26,27). The van der Waals surface area contributed by atoms with Crippen LogP contribution in [0.15, 0.2) is 41.6 Å². The molecule has 0 fully saturated rings. The van der Waals surface area contributed by atoms with E-state index in [2.05, 4.69) is 15.1 Å². The normalized spacial score (nSPS) is 12.8. The molecular formula is C17H13ClF5N5O2S. The van der Waals surface area contributed by atoms with Crippen LogP contribution in [0.4, 0.5) is 27.9 Å². The molecule has 0 atom stereocenters. The lowest BCUT2D eigenvalue weighted by atomic mass is 9.98. The van der Waals surface area contributed by atoms with Crippen LogP contribution in [-0.4, -0.2) is 34.3 Å². The van der Waals surface area contributed by atoms with E-state index >= 15 is 0 Å². The van der Waals surface area contributed by atoms with Crippen molar-refractivity contribution in [3.63, 3.8) is 0 Å². The number of aryl methyl sites for hydroxylation is 2. The SMILES string of the molecule is Cc1ccccc1-c1nc(NS(=O)(=O)c2cnn(C)c2)nc(Cl)c1C(F)(F)C(F)(F)F. The number of rotatable bonds is 5. The maximum absolute atomic E-state index is 14.3. The molecule has 2 aromatic heterocycles. The lowest BCUT2D eigenvalue weighted by molar-refractivity contribution is -0.289. The average Bonchev–Trinajstić information content (AvgIpc) is 3.07. The second kappa shape index (κ2) is 7.71. The second-order valence-corrected chi connectivity index (χ2v) is 8.44. The maximum atomic E-state index is 14.3. The number of halogens is 6. The number of nitrogens with one attached hydrogen (secondary N) is 1. The van der Waals surface area contributed by atoms with Gasteiger partial charge < -0.3 is 0 Å². The fourth-order valence-electron chi connectivity index (χ4n) is 2.65. The summed E-state index contributed by atoms with van der Waals surface area (Å²) in [5.74, 6) is -6.18. The van der Waals surface area contributed by atoms with E-state index in [1.807, 2.05) is 4.72 Å². The van der Waals surface area contributed by atoms with E-state index in [4.69, 9.17) is 11.6 Å². The predicted octanol–water partition coefficient (Wildman–Crippen LogP) is 4.29. The minimum Gasteiger partial charge on any atom is -0.274 e. The summed E-state index contributed by atoms with van der Waals surface area (Å²) in [5.41, 5.74) is -2.34. The molecule has 0 bridgehead atoms. The van der Waals surface area contributed by atoms with Crippen LogP contribution in [0.25, 0.3) is 11.3 Å². The van der Waals surface area contributed by atoms with Crippen LogP contribution in [0.3, 0.4) is 0 Å².